The molecule has 0 unspecified atom stereocenters. The van der Waals surface area contributed by atoms with Crippen LogP contribution in [-0.4, -0.2) is 76.9 Å². The van der Waals surface area contributed by atoms with E-state index >= 15 is 0 Å². The van der Waals surface area contributed by atoms with E-state index in [-0.39, 0.29) is 13.2 Å². The van der Waals surface area contributed by atoms with Gasteiger partial charge in [0.2, 0.25) is 0 Å². The molecule has 8 nitrogen and oxygen atoms in total. The van der Waals surface area contributed by atoms with Crippen LogP contribution in [0.15, 0.2) is 0 Å². The third-order valence-corrected chi connectivity index (χ3v) is 4.58. The molecular formula is C20H38O8. The molecule has 0 spiro atoms. The highest BCUT2D eigenvalue weighted by Gasteiger charge is 2.41. The van der Waals surface area contributed by atoms with Gasteiger partial charge in [0.1, 0.15) is 24.6 Å². The van der Waals surface area contributed by atoms with Crippen molar-refractivity contribution < 1.29 is 39.5 Å². The molecule has 8 heteroatoms. The molecule has 1 aliphatic rings. The molecule has 0 amide bonds. The zero-order valence-corrected chi connectivity index (χ0v) is 17.0. The van der Waals surface area contributed by atoms with Crippen molar-refractivity contribution in [1.82, 2.24) is 0 Å². The van der Waals surface area contributed by atoms with Crippen LogP contribution in [-0.2, 0) is 19.1 Å². The zero-order valence-electron chi connectivity index (χ0n) is 17.0. The van der Waals surface area contributed by atoms with Crippen molar-refractivity contribution in [1.29, 1.82) is 0 Å². The van der Waals surface area contributed by atoms with Gasteiger partial charge in [-0.1, -0.05) is 58.3 Å². The van der Waals surface area contributed by atoms with Crippen molar-refractivity contribution >= 4 is 12.3 Å². The monoisotopic (exact) mass is 406 g/mol. The Bertz CT molecular complexity index is 390. The van der Waals surface area contributed by atoms with Gasteiger partial charge in [-0.3, -0.25) is 4.79 Å². The third kappa shape index (κ3) is 12.4. The van der Waals surface area contributed by atoms with Gasteiger partial charge in [0.25, 0.3) is 0 Å². The summed E-state index contributed by atoms with van der Waals surface area (Å²) in [6.45, 7) is 1.40. The molecule has 28 heavy (non-hydrogen) atoms. The molecule has 0 aromatic heterocycles. The highest BCUT2D eigenvalue weighted by Crippen LogP contribution is 2.20. The summed E-state index contributed by atoms with van der Waals surface area (Å²) in [5, 5.41) is 36.0. The van der Waals surface area contributed by atoms with Gasteiger partial charge in [0.05, 0.1) is 19.8 Å². The number of rotatable bonds is 14. The second-order valence-corrected chi connectivity index (χ2v) is 6.99. The summed E-state index contributed by atoms with van der Waals surface area (Å²) in [6, 6.07) is 0. The van der Waals surface area contributed by atoms with Crippen LogP contribution < -0.4 is 0 Å². The fraction of sp³-hybridized carbons (Fsp3) is 0.900. The smallest absolute Gasteiger partial charge is 0.306 e. The van der Waals surface area contributed by atoms with Crippen LogP contribution in [0.25, 0.3) is 0 Å². The average Bonchev–Trinajstić information content (AvgIpc) is 3.03. The number of carbonyl (C=O) groups is 2. The Hall–Kier alpha value is -1.06. The molecule has 0 aliphatic carbocycles. The second-order valence-electron chi connectivity index (χ2n) is 6.99. The topological polar surface area (TPSA) is 134 Å². The van der Waals surface area contributed by atoms with Gasteiger partial charge in [-0.05, 0) is 6.42 Å². The van der Waals surface area contributed by atoms with Crippen LogP contribution in [0.3, 0.4) is 0 Å². The molecule has 0 aromatic rings. The van der Waals surface area contributed by atoms with Crippen molar-refractivity contribution in [3.8, 4) is 0 Å². The number of hydrogen-bond donors (Lipinski definition) is 4. The minimum Gasteiger partial charge on any atom is -0.457 e. The van der Waals surface area contributed by atoms with Crippen molar-refractivity contribution in [2.45, 2.75) is 95.5 Å². The van der Waals surface area contributed by atoms with Gasteiger partial charge in [-0.2, -0.15) is 0 Å². The molecule has 1 fully saturated rings. The Labute approximate surface area is 167 Å². The van der Waals surface area contributed by atoms with E-state index in [0.29, 0.717) is 12.7 Å². The molecule has 166 valence electrons. The summed E-state index contributed by atoms with van der Waals surface area (Å²) >= 11 is 0. The summed E-state index contributed by atoms with van der Waals surface area (Å²) in [5.74, 6) is -0.394. The molecule has 1 aliphatic heterocycles. The lowest BCUT2D eigenvalue weighted by atomic mass is 10.1. The molecule has 0 saturated carbocycles. The first-order valence-corrected chi connectivity index (χ1v) is 10.3. The van der Waals surface area contributed by atoms with E-state index in [0.717, 1.165) is 19.3 Å². The maximum atomic E-state index is 11.8. The van der Waals surface area contributed by atoms with E-state index in [4.69, 9.17) is 19.4 Å². The Morgan fingerprint density at radius 3 is 2.04 bits per heavy atom. The molecule has 1 saturated heterocycles. The minimum absolute atomic E-state index is 0.0157. The standard InChI is InChI=1S/C18H34O6.C2H4O2/c1-2-3-4-5-6-7-8-9-10-11-16(21)24-15(12-19)18-17(22)14(20)13-23-18;3-1-2-4/h14-15,17-20,22H,2-13H2,1H3;1,4H,2H2/t14-,15+,17+,18+;/m0./s1. The van der Waals surface area contributed by atoms with Crippen molar-refractivity contribution in [3.05, 3.63) is 0 Å². The molecule has 0 aromatic carbocycles. The van der Waals surface area contributed by atoms with Gasteiger partial charge in [-0.25, -0.2) is 0 Å². The molecule has 1 rings (SSSR count). The summed E-state index contributed by atoms with van der Waals surface area (Å²) in [7, 11) is 0. The first kappa shape index (κ1) is 26.9. The van der Waals surface area contributed by atoms with Gasteiger partial charge >= 0.3 is 5.97 Å². The largest absolute Gasteiger partial charge is 0.457 e. The number of aliphatic hydroxyl groups is 4. The summed E-state index contributed by atoms with van der Waals surface area (Å²) < 4.78 is 10.4. The predicted octanol–water partition coefficient (Wildman–Crippen LogP) is 1.11. The Balaban J connectivity index is 0.00000165. The van der Waals surface area contributed by atoms with Gasteiger partial charge < -0.3 is 34.7 Å². The number of aldehydes is 1. The van der Waals surface area contributed by atoms with Crippen LogP contribution >= 0.6 is 0 Å². The highest BCUT2D eigenvalue weighted by molar-refractivity contribution is 5.69. The van der Waals surface area contributed by atoms with E-state index < -0.39 is 37.0 Å². The maximum Gasteiger partial charge on any atom is 0.306 e. The zero-order chi connectivity index (χ0) is 21.2. The Kier molecular flexibility index (Phi) is 17.3. The van der Waals surface area contributed by atoms with Crippen LogP contribution in [0.4, 0.5) is 0 Å². The number of unbranched alkanes of at least 4 members (excludes halogenated alkanes) is 8. The molecule has 1 heterocycles. The first-order chi connectivity index (χ1) is 13.5. The van der Waals surface area contributed by atoms with Crippen molar-refractivity contribution in [2.75, 3.05) is 19.8 Å². The number of ether oxygens (including phenoxy) is 2. The lowest BCUT2D eigenvalue weighted by Crippen LogP contribution is -2.43. The van der Waals surface area contributed by atoms with Gasteiger partial charge in [0, 0.05) is 6.42 Å². The van der Waals surface area contributed by atoms with Crippen LogP contribution in [0.5, 0.6) is 0 Å². The number of hydrogen-bond acceptors (Lipinski definition) is 8. The van der Waals surface area contributed by atoms with Crippen LogP contribution in [0, 0.1) is 0 Å². The molecule has 0 radical (unpaired) electrons. The predicted molar refractivity (Wildman–Crippen MR) is 104 cm³/mol. The molecular weight excluding hydrogens is 368 g/mol. The van der Waals surface area contributed by atoms with E-state index in [1.54, 1.807) is 0 Å². The Morgan fingerprint density at radius 1 is 1.07 bits per heavy atom. The molecule has 4 N–H and O–H groups in total. The van der Waals surface area contributed by atoms with Gasteiger partial charge in [-0.15, -0.1) is 0 Å². The molecule has 0 bridgehead atoms. The van der Waals surface area contributed by atoms with E-state index in [1.807, 2.05) is 0 Å². The van der Waals surface area contributed by atoms with E-state index in [9.17, 15) is 20.1 Å². The summed E-state index contributed by atoms with van der Waals surface area (Å²) in [4.78, 5) is 20.8. The van der Waals surface area contributed by atoms with E-state index in [2.05, 4.69) is 6.92 Å². The maximum absolute atomic E-state index is 11.8. The third-order valence-electron chi connectivity index (χ3n) is 4.58. The Morgan fingerprint density at radius 2 is 1.61 bits per heavy atom. The lowest BCUT2D eigenvalue weighted by Gasteiger charge is -2.24. The minimum atomic E-state index is -1.14. The first-order valence-electron chi connectivity index (χ1n) is 10.3. The van der Waals surface area contributed by atoms with Crippen LogP contribution in [0.2, 0.25) is 0 Å². The van der Waals surface area contributed by atoms with Crippen LogP contribution in [0.1, 0.15) is 71.1 Å². The fourth-order valence-electron chi connectivity index (χ4n) is 2.97. The van der Waals surface area contributed by atoms with Gasteiger partial charge in [0.15, 0.2) is 6.10 Å². The second kappa shape index (κ2) is 18.0. The number of esters is 1. The lowest BCUT2D eigenvalue weighted by molar-refractivity contribution is -0.162. The SMILES string of the molecule is CCCCCCCCCCCC(=O)O[C@H](CO)[C@H]1OC[C@H](O)[C@H]1O.O=CCO. The molecule has 4 atom stereocenters. The van der Waals surface area contributed by atoms with Crippen molar-refractivity contribution in [3.63, 3.8) is 0 Å². The average molecular weight is 407 g/mol. The normalized spacial score (nSPS) is 22.2. The van der Waals surface area contributed by atoms with E-state index in [1.165, 1.54) is 38.5 Å². The summed E-state index contributed by atoms with van der Waals surface area (Å²) in [5.41, 5.74) is 0. The fourth-order valence-corrected chi connectivity index (χ4v) is 2.97. The van der Waals surface area contributed by atoms with Crippen molar-refractivity contribution in [2.24, 2.45) is 0 Å². The highest BCUT2D eigenvalue weighted by atomic mass is 16.6. The summed E-state index contributed by atoms with van der Waals surface area (Å²) in [6.07, 6.45) is 7.34. The number of carbonyl (C=O) groups excluding carboxylic acids is 2. The quantitative estimate of drug-likeness (QED) is 0.191. The number of aliphatic hydroxyl groups excluding tert-OH is 4.